The van der Waals surface area contributed by atoms with Gasteiger partial charge in [-0.1, -0.05) is 11.6 Å². The molecule has 8 nitrogen and oxygen atoms in total. The van der Waals surface area contributed by atoms with Gasteiger partial charge in [-0.2, -0.15) is 0 Å². The summed E-state index contributed by atoms with van der Waals surface area (Å²) in [5, 5.41) is 0.592. The van der Waals surface area contributed by atoms with E-state index >= 15 is 0 Å². The highest BCUT2D eigenvalue weighted by Gasteiger charge is 2.17. The van der Waals surface area contributed by atoms with Crippen LogP contribution < -0.4 is 29.8 Å². The summed E-state index contributed by atoms with van der Waals surface area (Å²) >= 11 is 5.98. The van der Waals surface area contributed by atoms with Gasteiger partial charge < -0.3 is 18.9 Å². The van der Waals surface area contributed by atoms with Crippen molar-refractivity contribution in [3.8, 4) is 23.0 Å². The second-order valence-electron chi connectivity index (χ2n) is 6.07. The van der Waals surface area contributed by atoms with E-state index in [1.165, 1.54) is 33.5 Å². The smallest absolute Gasteiger partial charge is 0.276 e. The van der Waals surface area contributed by atoms with Gasteiger partial charge in [0.1, 0.15) is 5.75 Å². The molecule has 0 aliphatic carbocycles. The summed E-state index contributed by atoms with van der Waals surface area (Å²) in [5.74, 6) is 0.481. The first-order chi connectivity index (χ1) is 13.8. The van der Waals surface area contributed by atoms with Crippen molar-refractivity contribution in [1.82, 2.24) is 10.9 Å². The number of carbonyl (C=O) groups excluding carboxylic acids is 2. The molecule has 2 aromatic carbocycles. The van der Waals surface area contributed by atoms with E-state index < -0.39 is 11.8 Å². The minimum atomic E-state index is -0.559. The normalized spacial score (nSPS) is 10.1. The zero-order valence-corrected chi connectivity index (χ0v) is 17.6. The maximum atomic E-state index is 12.4. The largest absolute Gasteiger partial charge is 0.493 e. The van der Waals surface area contributed by atoms with Crippen LogP contribution in [-0.2, 0) is 4.79 Å². The first-order valence-corrected chi connectivity index (χ1v) is 8.97. The third kappa shape index (κ3) is 5.45. The van der Waals surface area contributed by atoms with E-state index in [1.54, 1.807) is 12.1 Å². The molecule has 2 N–H and O–H groups in total. The van der Waals surface area contributed by atoms with Gasteiger partial charge in [-0.25, -0.2) is 0 Å². The van der Waals surface area contributed by atoms with Crippen LogP contribution in [0, 0.1) is 13.8 Å². The van der Waals surface area contributed by atoms with Gasteiger partial charge in [-0.3, -0.25) is 20.4 Å². The number of ether oxygens (including phenoxy) is 4. The summed E-state index contributed by atoms with van der Waals surface area (Å²) in [7, 11) is 4.35. The standard InChI is InChI=1S/C20H23ClN2O6/c1-11-6-14(21)7-12(2)18(11)29-10-17(24)22-23-20(25)13-8-15(26-3)19(28-5)16(9-13)27-4/h6-9H,10H2,1-5H3,(H,22,24)(H,23,25). The van der Waals surface area contributed by atoms with Crippen molar-refractivity contribution in [2.45, 2.75) is 13.8 Å². The number of rotatable bonds is 7. The van der Waals surface area contributed by atoms with Gasteiger partial charge in [0.05, 0.1) is 21.3 Å². The van der Waals surface area contributed by atoms with Crippen molar-refractivity contribution in [3.05, 3.63) is 46.0 Å². The van der Waals surface area contributed by atoms with E-state index in [-0.39, 0.29) is 12.2 Å². The van der Waals surface area contributed by atoms with Crippen molar-refractivity contribution >= 4 is 23.4 Å². The lowest BCUT2D eigenvalue weighted by Crippen LogP contribution is -2.43. The number of benzene rings is 2. The molecule has 0 aromatic heterocycles. The molecule has 2 aromatic rings. The number of hydrogen-bond donors (Lipinski definition) is 2. The van der Waals surface area contributed by atoms with Crippen LogP contribution in [0.1, 0.15) is 21.5 Å². The van der Waals surface area contributed by atoms with Gasteiger partial charge in [0.25, 0.3) is 11.8 Å². The molecule has 29 heavy (non-hydrogen) atoms. The summed E-state index contributed by atoms with van der Waals surface area (Å²) in [6, 6.07) is 6.43. The van der Waals surface area contributed by atoms with Gasteiger partial charge in [0.15, 0.2) is 18.1 Å². The van der Waals surface area contributed by atoms with Gasteiger partial charge in [-0.05, 0) is 49.2 Å². The van der Waals surface area contributed by atoms with E-state index in [9.17, 15) is 9.59 Å². The fourth-order valence-electron chi connectivity index (χ4n) is 2.71. The van der Waals surface area contributed by atoms with Crippen LogP contribution in [0.4, 0.5) is 0 Å². The molecule has 2 amide bonds. The maximum Gasteiger partial charge on any atom is 0.276 e. The number of nitrogens with one attached hydrogen (secondary N) is 2. The summed E-state index contributed by atoms with van der Waals surface area (Å²) in [6.07, 6.45) is 0. The summed E-state index contributed by atoms with van der Waals surface area (Å²) in [4.78, 5) is 24.4. The molecule has 0 fully saturated rings. The zero-order valence-electron chi connectivity index (χ0n) is 16.8. The van der Waals surface area contributed by atoms with Gasteiger partial charge in [0, 0.05) is 10.6 Å². The Morgan fingerprint density at radius 3 is 1.90 bits per heavy atom. The summed E-state index contributed by atoms with van der Waals surface area (Å²) in [6.45, 7) is 3.38. The Balaban J connectivity index is 1.99. The lowest BCUT2D eigenvalue weighted by atomic mass is 10.1. The Hall–Kier alpha value is -3.13. The predicted molar refractivity (Wildman–Crippen MR) is 108 cm³/mol. The van der Waals surface area contributed by atoms with Crippen LogP contribution >= 0.6 is 11.6 Å². The van der Waals surface area contributed by atoms with Crippen LogP contribution in [0.2, 0.25) is 5.02 Å². The number of amides is 2. The molecule has 2 rings (SSSR count). The van der Waals surface area contributed by atoms with Crippen molar-refractivity contribution in [1.29, 1.82) is 0 Å². The molecule has 0 atom stereocenters. The number of carbonyl (C=O) groups is 2. The fraction of sp³-hybridized carbons (Fsp3) is 0.300. The Morgan fingerprint density at radius 2 is 1.41 bits per heavy atom. The fourth-order valence-corrected chi connectivity index (χ4v) is 3.04. The molecular weight excluding hydrogens is 400 g/mol. The van der Waals surface area contributed by atoms with Crippen LogP contribution in [0.3, 0.4) is 0 Å². The summed E-state index contributed by atoms with van der Waals surface area (Å²) < 4.78 is 21.2. The number of hydrazine groups is 1. The molecule has 0 spiro atoms. The van der Waals surface area contributed by atoms with Gasteiger partial charge >= 0.3 is 0 Å². The van der Waals surface area contributed by atoms with Gasteiger partial charge in [0.2, 0.25) is 5.75 Å². The predicted octanol–water partition coefficient (Wildman–Crippen LogP) is 2.82. The van der Waals surface area contributed by atoms with Crippen molar-refractivity contribution in [3.63, 3.8) is 0 Å². The first-order valence-electron chi connectivity index (χ1n) is 8.59. The Bertz CT molecular complexity index is 868. The van der Waals surface area contributed by atoms with Crippen molar-refractivity contribution in [2.24, 2.45) is 0 Å². The van der Waals surface area contributed by atoms with Crippen LogP contribution in [0.15, 0.2) is 24.3 Å². The molecule has 0 heterocycles. The highest BCUT2D eigenvalue weighted by Crippen LogP contribution is 2.38. The van der Waals surface area contributed by atoms with Gasteiger partial charge in [-0.15, -0.1) is 0 Å². The molecule has 0 radical (unpaired) electrons. The molecule has 0 aliphatic heterocycles. The average Bonchev–Trinajstić information content (AvgIpc) is 2.69. The van der Waals surface area contributed by atoms with Crippen LogP contribution in [0.5, 0.6) is 23.0 Å². The lowest BCUT2D eigenvalue weighted by Gasteiger charge is -2.15. The van der Waals surface area contributed by atoms with Crippen LogP contribution in [0.25, 0.3) is 0 Å². The molecular formula is C20H23ClN2O6. The average molecular weight is 423 g/mol. The number of hydrogen-bond acceptors (Lipinski definition) is 6. The number of halogens is 1. The number of aryl methyl sites for hydroxylation is 2. The topological polar surface area (TPSA) is 95.1 Å². The van der Waals surface area contributed by atoms with Crippen LogP contribution in [-0.4, -0.2) is 39.8 Å². The molecule has 0 aliphatic rings. The monoisotopic (exact) mass is 422 g/mol. The minimum Gasteiger partial charge on any atom is -0.493 e. The van der Waals surface area contributed by atoms with E-state index in [2.05, 4.69) is 10.9 Å². The molecule has 0 unspecified atom stereocenters. The van der Waals surface area contributed by atoms with Crippen molar-refractivity contribution < 1.29 is 28.5 Å². The SMILES string of the molecule is COc1cc(C(=O)NNC(=O)COc2c(C)cc(Cl)cc2C)cc(OC)c1OC. The lowest BCUT2D eigenvalue weighted by molar-refractivity contribution is -0.123. The molecule has 9 heteroatoms. The minimum absolute atomic E-state index is 0.213. The third-order valence-electron chi connectivity index (χ3n) is 4.02. The third-order valence-corrected chi connectivity index (χ3v) is 4.23. The van der Waals surface area contributed by atoms with E-state index in [4.69, 9.17) is 30.5 Å². The number of methoxy groups -OCH3 is 3. The Kier molecular flexibility index (Phi) is 7.55. The maximum absolute atomic E-state index is 12.4. The van der Waals surface area contributed by atoms with E-state index in [0.29, 0.717) is 28.0 Å². The zero-order chi connectivity index (χ0) is 21.6. The Labute approximate surface area is 174 Å². The van der Waals surface area contributed by atoms with E-state index in [0.717, 1.165) is 11.1 Å². The second kappa shape index (κ2) is 9.88. The van der Waals surface area contributed by atoms with Crippen molar-refractivity contribution in [2.75, 3.05) is 27.9 Å². The highest BCUT2D eigenvalue weighted by molar-refractivity contribution is 6.30. The molecule has 156 valence electrons. The molecule has 0 saturated carbocycles. The first kappa shape index (κ1) is 22.2. The van der Waals surface area contributed by atoms with E-state index in [1.807, 2.05) is 13.8 Å². The Morgan fingerprint density at radius 1 is 0.862 bits per heavy atom. The summed E-state index contributed by atoms with van der Waals surface area (Å²) in [5.41, 5.74) is 6.46. The molecule has 0 saturated heterocycles. The highest BCUT2D eigenvalue weighted by atomic mass is 35.5. The quantitative estimate of drug-likeness (QED) is 0.666. The second-order valence-corrected chi connectivity index (χ2v) is 6.51. The molecule has 0 bridgehead atoms.